The topological polar surface area (TPSA) is 64.8 Å². The molecule has 2 heterocycles. The Morgan fingerprint density at radius 3 is 3.10 bits per heavy atom. The van der Waals surface area contributed by atoms with E-state index in [0.29, 0.717) is 26.1 Å². The molecule has 1 fully saturated rings. The molecule has 2 N–H and O–H groups in total. The van der Waals surface area contributed by atoms with Gasteiger partial charge in [0, 0.05) is 31.7 Å². The zero-order valence-electron chi connectivity index (χ0n) is 12.5. The van der Waals surface area contributed by atoms with Crippen LogP contribution in [0.5, 0.6) is 0 Å². The van der Waals surface area contributed by atoms with E-state index < -0.39 is 0 Å². The molecule has 0 aliphatic carbocycles. The molecule has 0 radical (unpaired) electrons. The summed E-state index contributed by atoms with van der Waals surface area (Å²) in [5.41, 5.74) is 5.61. The smallest absolute Gasteiger partial charge is 0.225 e. The van der Waals surface area contributed by atoms with Crippen molar-refractivity contribution in [3.05, 3.63) is 22.4 Å². The first-order chi connectivity index (χ1) is 10.2. The van der Waals surface area contributed by atoms with Crippen LogP contribution in [-0.2, 0) is 20.8 Å². The van der Waals surface area contributed by atoms with Crippen molar-refractivity contribution < 1.29 is 14.3 Å². The van der Waals surface area contributed by atoms with Crippen molar-refractivity contribution in [2.45, 2.75) is 38.0 Å². The number of carbonyl (C=O) groups excluding carboxylic acids is 1. The molecule has 0 saturated carbocycles. The molecule has 1 saturated heterocycles. The van der Waals surface area contributed by atoms with Gasteiger partial charge < -0.3 is 20.1 Å². The first kappa shape index (κ1) is 16.4. The highest BCUT2D eigenvalue weighted by Gasteiger charge is 2.24. The van der Waals surface area contributed by atoms with Gasteiger partial charge in [0.25, 0.3) is 0 Å². The van der Waals surface area contributed by atoms with E-state index in [4.69, 9.17) is 15.2 Å². The Bertz CT molecular complexity index is 415. The van der Waals surface area contributed by atoms with Crippen LogP contribution in [0.1, 0.15) is 24.1 Å². The number of thiophene rings is 1. The summed E-state index contributed by atoms with van der Waals surface area (Å²) >= 11 is 1.67. The molecule has 1 aliphatic rings. The van der Waals surface area contributed by atoms with Gasteiger partial charge in [0.15, 0.2) is 0 Å². The van der Waals surface area contributed by atoms with E-state index in [1.165, 1.54) is 4.88 Å². The van der Waals surface area contributed by atoms with Gasteiger partial charge in [-0.2, -0.15) is 0 Å². The highest BCUT2D eigenvalue weighted by Crippen LogP contribution is 2.18. The number of hydrogen-bond donors (Lipinski definition) is 1. The van der Waals surface area contributed by atoms with E-state index in [2.05, 4.69) is 6.07 Å². The highest BCUT2D eigenvalue weighted by molar-refractivity contribution is 7.09. The molecule has 21 heavy (non-hydrogen) atoms. The Kier molecular flexibility index (Phi) is 6.63. The SMILES string of the molecule is COC(CN)CC(=O)N(Cc1cccs1)CC1CCCO1. The lowest BCUT2D eigenvalue weighted by Crippen LogP contribution is -2.39. The lowest BCUT2D eigenvalue weighted by atomic mass is 10.2. The Morgan fingerprint density at radius 1 is 1.67 bits per heavy atom. The van der Waals surface area contributed by atoms with Crippen molar-refractivity contribution >= 4 is 17.2 Å². The van der Waals surface area contributed by atoms with E-state index in [1.807, 2.05) is 16.3 Å². The molecule has 118 valence electrons. The second-order valence-corrected chi connectivity index (χ2v) is 6.32. The fourth-order valence-electron chi connectivity index (χ4n) is 2.47. The molecule has 2 rings (SSSR count). The summed E-state index contributed by atoms with van der Waals surface area (Å²) in [6.07, 6.45) is 2.37. The summed E-state index contributed by atoms with van der Waals surface area (Å²) < 4.78 is 10.9. The quantitative estimate of drug-likeness (QED) is 0.792. The van der Waals surface area contributed by atoms with Crippen molar-refractivity contribution in [1.29, 1.82) is 0 Å². The lowest BCUT2D eigenvalue weighted by Gasteiger charge is -2.26. The third-order valence-corrected chi connectivity index (χ3v) is 4.59. The number of carbonyl (C=O) groups is 1. The standard InChI is InChI=1S/C15H24N2O3S/c1-19-13(9-16)8-15(18)17(10-12-4-2-6-20-12)11-14-5-3-7-21-14/h3,5,7,12-13H,2,4,6,8-11,16H2,1H3. The molecule has 1 aliphatic heterocycles. The summed E-state index contributed by atoms with van der Waals surface area (Å²) in [6.45, 7) is 2.44. The highest BCUT2D eigenvalue weighted by atomic mass is 32.1. The van der Waals surface area contributed by atoms with Gasteiger partial charge in [-0.15, -0.1) is 11.3 Å². The second-order valence-electron chi connectivity index (χ2n) is 5.29. The first-order valence-electron chi connectivity index (χ1n) is 7.37. The van der Waals surface area contributed by atoms with Crippen molar-refractivity contribution in [3.63, 3.8) is 0 Å². The maximum atomic E-state index is 12.5. The van der Waals surface area contributed by atoms with Gasteiger partial charge in [0.05, 0.1) is 25.2 Å². The van der Waals surface area contributed by atoms with Crippen molar-refractivity contribution in [2.75, 3.05) is 26.8 Å². The fraction of sp³-hybridized carbons (Fsp3) is 0.667. The van der Waals surface area contributed by atoms with E-state index in [0.717, 1.165) is 19.4 Å². The van der Waals surface area contributed by atoms with Crippen LogP contribution in [-0.4, -0.2) is 49.8 Å². The van der Waals surface area contributed by atoms with Crippen LogP contribution in [0.25, 0.3) is 0 Å². The summed E-state index contributed by atoms with van der Waals surface area (Å²) in [4.78, 5) is 15.6. The van der Waals surface area contributed by atoms with E-state index in [-0.39, 0.29) is 18.1 Å². The van der Waals surface area contributed by atoms with Crippen LogP contribution >= 0.6 is 11.3 Å². The Hall–Kier alpha value is -0.950. The molecule has 5 nitrogen and oxygen atoms in total. The maximum Gasteiger partial charge on any atom is 0.225 e. The van der Waals surface area contributed by atoms with Crippen LogP contribution in [0.15, 0.2) is 17.5 Å². The van der Waals surface area contributed by atoms with Crippen molar-refractivity contribution in [1.82, 2.24) is 4.90 Å². The Morgan fingerprint density at radius 2 is 2.52 bits per heavy atom. The van der Waals surface area contributed by atoms with E-state index >= 15 is 0 Å². The maximum absolute atomic E-state index is 12.5. The Labute approximate surface area is 130 Å². The van der Waals surface area contributed by atoms with E-state index in [9.17, 15) is 4.79 Å². The van der Waals surface area contributed by atoms with Crippen molar-refractivity contribution in [2.24, 2.45) is 5.73 Å². The van der Waals surface area contributed by atoms with E-state index in [1.54, 1.807) is 18.4 Å². The fourth-order valence-corrected chi connectivity index (χ4v) is 3.19. The summed E-state index contributed by atoms with van der Waals surface area (Å²) in [5, 5.41) is 2.03. The first-order valence-corrected chi connectivity index (χ1v) is 8.25. The third-order valence-electron chi connectivity index (χ3n) is 3.73. The number of nitrogens with two attached hydrogens (primary N) is 1. The molecule has 6 heteroatoms. The van der Waals surface area contributed by atoms with Crippen LogP contribution in [0, 0.1) is 0 Å². The van der Waals surface area contributed by atoms with Gasteiger partial charge in [0.2, 0.25) is 5.91 Å². The molecular formula is C15H24N2O3S. The predicted molar refractivity (Wildman–Crippen MR) is 83.2 cm³/mol. The monoisotopic (exact) mass is 312 g/mol. The number of ether oxygens (including phenoxy) is 2. The Balaban J connectivity index is 1.97. The second kappa shape index (κ2) is 8.48. The van der Waals surface area contributed by atoms with Gasteiger partial charge in [-0.05, 0) is 24.3 Å². The van der Waals surface area contributed by atoms with Gasteiger partial charge in [0.1, 0.15) is 0 Å². The zero-order chi connectivity index (χ0) is 15.1. The minimum Gasteiger partial charge on any atom is -0.380 e. The van der Waals surface area contributed by atoms with Crippen LogP contribution in [0.4, 0.5) is 0 Å². The average molecular weight is 312 g/mol. The van der Waals surface area contributed by atoms with Crippen LogP contribution in [0.3, 0.4) is 0 Å². The number of rotatable bonds is 8. The predicted octanol–water partition coefficient (Wildman–Crippen LogP) is 1.62. The van der Waals surface area contributed by atoms with Crippen LogP contribution in [0.2, 0.25) is 0 Å². The normalized spacial score (nSPS) is 19.6. The molecule has 2 unspecified atom stereocenters. The van der Waals surface area contributed by atoms with Gasteiger partial charge >= 0.3 is 0 Å². The third kappa shape index (κ3) is 5.07. The lowest BCUT2D eigenvalue weighted by molar-refractivity contribution is -0.135. The number of hydrogen-bond acceptors (Lipinski definition) is 5. The molecule has 0 spiro atoms. The number of amides is 1. The van der Waals surface area contributed by atoms with Gasteiger partial charge in [-0.1, -0.05) is 6.07 Å². The number of nitrogens with zero attached hydrogens (tertiary/aromatic N) is 1. The summed E-state index contributed by atoms with van der Waals surface area (Å²) in [5.74, 6) is 0.0798. The van der Waals surface area contributed by atoms with Gasteiger partial charge in [-0.25, -0.2) is 0 Å². The molecular weight excluding hydrogens is 288 g/mol. The minimum atomic E-state index is -0.215. The average Bonchev–Trinajstić information content (AvgIpc) is 3.17. The van der Waals surface area contributed by atoms with Crippen molar-refractivity contribution in [3.8, 4) is 0 Å². The molecule has 1 amide bonds. The molecule has 1 aromatic rings. The molecule has 1 aromatic heterocycles. The van der Waals surface area contributed by atoms with Crippen LogP contribution < -0.4 is 5.73 Å². The summed E-state index contributed by atoms with van der Waals surface area (Å²) in [6, 6.07) is 4.06. The zero-order valence-corrected chi connectivity index (χ0v) is 13.3. The molecule has 0 aromatic carbocycles. The summed E-state index contributed by atoms with van der Waals surface area (Å²) in [7, 11) is 1.59. The minimum absolute atomic E-state index is 0.0798. The van der Waals surface area contributed by atoms with Gasteiger partial charge in [-0.3, -0.25) is 4.79 Å². The largest absolute Gasteiger partial charge is 0.380 e. The molecule has 0 bridgehead atoms. The molecule has 2 atom stereocenters. The number of methoxy groups -OCH3 is 1.